The molecule has 2 rings (SSSR count). The summed E-state index contributed by atoms with van der Waals surface area (Å²) in [6.07, 6.45) is 5.11. The lowest BCUT2D eigenvalue weighted by Crippen LogP contribution is -2.32. The van der Waals surface area contributed by atoms with Crippen LogP contribution in [-0.4, -0.2) is 22.2 Å². The van der Waals surface area contributed by atoms with Crippen LogP contribution in [0.3, 0.4) is 0 Å². The molecule has 1 aromatic rings. The van der Waals surface area contributed by atoms with E-state index >= 15 is 0 Å². The predicted octanol–water partition coefficient (Wildman–Crippen LogP) is 3.19. The molecule has 0 spiro atoms. The third kappa shape index (κ3) is 3.91. The highest BCUT2D eigenvalue weighted by Crippen LogP contribution is 2.25. The zero-order valence-corrected chi connectivity index (χ0v) is 13.1. The maximum atomic E-state index is 10.1. The molecule has 2 atom stereocenters. The lowest BCUT2D eigenvalue weighted by molar-refractivity contribution is 0.144. The normalized spacial score (nSPS) is 23.7. The fourth-order valence-corrected chi connectivity index (χ4v) is 3.38. The van der Waals surface area contributed by atoms with Gasteiger partial charge in [-0.3, -0.25) is 0 Å². The van der Waals surface area contributed by atoms with Crippen LogP contribution in [-0.2, 0) is 0 Å². The third-order valence-electron chi connectivity index (χ3n) is 3.57. The van der Waals surface area contributed by atoms with E-state index in [1.807, 2.05) is 18.2 Å². The van der Waals surface area contributed by atoms with Crippen molar-refractivity contribution in [1.82, 2.24) is 0 Å². The Balaban J connectivity index is 2.10. The molecule has 0 radical (unpaired) electrons. The van der Waals surface area contributed by atoms with E-state index in [1.54, 1.807) is 0 Å². The fourth-order valence-electron chi connectivity index (χ4n) is 2.48. The van der Waals surface area contributed by atoms with Gasteiger partial charge in [-0.2, -0.15) is 0 Å². The Hall–Kier alpha value is -0.650. The number of hydrogen-bond donors (Lipinski definition) is 3. The first-order valence-corrected chi connectivity index (χ1v) is 7.82. The van der Waals surface area contributed by atoms with Gasteiger partial charge in [-0.15, -0.1) is 0 Å². The number of rotatable bonds is 3. The van der Waals surface area contributed by atoms with E-state index in [9.17, 15) is 5.11 Å². The second-order valence-electron chi connectivity index (χ2n) is 5.02. The van der Waals surface area contributed by atoms with E-state index in [-0.39, 0.29) is 12.1 Å². The Bertz CT molecular complexity index is 467. The summed E-state index contributed by atoms with van der Waals surface area (Å²) in [7, 11) is 0. The van der Waals surface area contributed by atoms with Gasteiger partial charge >= 0.3 is 0 Å². The molecule has 104 valence electrons. The number of aliphatic hydroxyl groups is 1. The maximum Gasteiger partial charge on any atom is 0.105 e. The largest absolute Gasteiger partial charge is 0.391 e. The first kappa shape index (κ1) is 14.8. The minimum absolute atomic E-state index is 0.130. The van der Waals surface area contributed by atoms with Gasteiger partial charge < -0.3 is 16.2 Å². The summed E-state index contributed by atoms with van der Waals surface area (Å²) >= 11 is 8.45. The molecule has 0 amide bonds. The number of anilines is 1. The standard InChI is InChI=1S/C14H19BrN2OS/c15-11-8-9(6-7-10(11)14(16)19)17-12-4-2-1-3-5-13(12)18/h6-8,12-13,17-18H,1-5H2,(H2,16,19). The second kappa shape index (κ2) is 6.68. The van der Waals surface area contributed by atoms with Crippen molar-refractivity contribution >= 4 is 38.8 Å². The summed E-state index contributed by atoms with van der Waals surface area (Å²) in [6.45, 7) is 0. The number of halogens is 1. The average Bonchev–Trinajstić information content (AvgIpc) is 2.55. The SMILES string of the molecule is NC(=S)c1ccc(NC2CCCCCC2O)cc1Br. The van der Waals surface area contributed by atoms with Gasteiger partial charge in [0.25, 0.3) is 0 Å². The van der Waals surface area contributed by atoms with Crippen LogP contribution in [0, 0.1) is 0 Å². The van der Waals surface area contributed by atoms with E-state index < -0.39 is 0 Å². The maximum absolute atomic E-state index is 10.1. The van der Waals surface area contributed by atoms with Crippen LogP contribution in [0.1, 0.15) is 37.7 Å². The lowest BCUT2D eigenvalue weighted by atomic mass is 10.1. The second-order valence-corrected chi connectivity index (χ2v) is 6.31. The summed E-state index contributed by atoms with van der Waals surface area (Å²) in [5, 5.41) is 13.5. The molecule has 4 N–H and O–H groups in total. The monoisotopic (exact) mass is 342 g/mol. The molecule has 0 heterocycles. The molecular formula is C14H19BrN2OS. The Kier molecular flexibility index (Phi) is 5.19. The van der Waals surface area contributed by atoms with Gasteiger partial charge in [-0.25, -0.2) is 0 Å². The molecule has 1 aliphatic carbocycles. The topological polar surface area (TPSA) is 58.3 Å². The Morgan fingerprint density at radius 1 is 1.32 bits per heavy atom. The van der Waals surface area contributed by atoms with Crippen molar-refractivity contribution in [2.45, 2.75) is 44.2 Å². The Morgan fingerprint density at radius 3 is 2.74 bits per heavy atom. The number of hydrogen-bond acceptors (Lipinski definition) is 3. The van der Waals surface area contributed by atoms with Gasteiger partial charge in [0, 0.05) is 15.7 Å². The van der Waals surface area contributed by atoms with Crippen LogP contribution in [0.25, 0.3) is 0 Å². The predicted molar refractivity (Wildman–Crippen MR) is 86.5 cm³/mol. The highest BCUT2D eigenvalue weighted by Gasteiger charge is 2.21. The van der Waals surface area contributed by atoms with Crippen molar-refractivity contribution in [1.29, 1.82) is 0 Å². The summed E-state index contributed by atoms with van der Waals surface area (Å²) in [5.41, 5.74) is 7.45. The molecule has 0 bridgehead atoms. The molecule has 1 saturated carbocycles. The van der Waals surface area contributed by atoms with E-state index in [4.69, 9.17) is 18.0 Å². The molecule has 1 aliphatic rings. The van der Waals surface area contributed by atoms with Gasteiger partial charge in [-0.1, -0.05) is 31.5 Å². The number of benzene rings is 1. The van der Waals surface area contributed by atoms with Gasteiger partial charge in [0.1, 0.15) is 4.99 Å². The molecule has 5 heteroatoms. The average molecular weight is 343 g/mol. The van der Waals surface area contributed by atoms with Gasteiger partial charge in [-0.05, 0) is 47.0 Å². The van der Waals surface area contributed by atoms with Crippen molar-refractivity contribution in [2.75, 3.05) is 5.32 Å². The summed E-state index contributed by atoms with van der Waals surface area (Å²) in [5.74, 6) is 0. The third-order valence-corrected chi connectivity index (χ3v) is 4.44. The van der Waals surface area contributed by atoms with Crippen molar-refractivity contribution in [2.24, 2.45) is 5.73 Å². The molecule has 0 aromatic heterocycles. The zero-order valence-electron chi connectivity index (χ0n) is 10.7. The molecular weight excluding hydrogens is 324 g/mol. The number of aliphatic hydroxyl groups excluding tert-OH is 1. The highest BCUT2D eigenvalue weighted by molar-refractivity contribution is 9.10. The minimum atomic E-state index is -0.267. The van der Waals surface area contributed by atoms with Crippen molar-refractivity contribution < 1.29 is 5.11 Å². The zero-order chi connectivity index (χ0) is 13.8. The van der Waals surface area contributed by atoms with Crippen molar-refractivity contribution in [3.8, 4) is 0 Å². The molecule has 2 unspecified atom stereocenters. The number of thiocarbonyl (C=S) groups is 1. The Morgan fingerprint density at radius 2 is 2.05 bits per heavy atom. The van der Waals surface area contributed by atoms with Gasteiger partial charge in [0.05, 0.1) is 12.1 Å². The molecule has 3 nitrogen and oxygen atoms in total. The molecule has 1 fully saturated rings. The van der Waals surface area contributed by atoms with E-state index in [0.29, 0.717) is 4.99 Å². The number of nitrogens with one attached hydrogen (secondary N) is 1. The molecule has 19 heavy (non-hydrogen) atoms. The first-order chi connectivity index (χ1) is 9.08. The van der Waals surface area contributed by atoms with Gasteiger partial charge in [0.2, 0.25) is 0 Å². The minimum Gasteiger partial charge on any atom is -0.391 e. The van der Waals surface area contributed by atoms with Crippen molar-refractivity contribution in [3.63, 3.8) is 0 Å². The number of nitrogens with two attached hydrogens (primary N) is 1. The van der Waals surface area contributed by atoms with E-state index in [1.165, 1.54) is 12.8 Å². The lowest BCUT2D eigenvalue weighted by Gasteiger charge is -2.23. The summed E-state index contributed by atoms with van der Waals surface area (Å²) < 4.78 is 0.883. The molecule has 1 aromatic carbocycles. The van der Waals surface area contributed by atoms with Crippen molar-refractivity contribution in [3.05, 3.63) is 28.2 Å². The Labute approximate surface area is 127 Å². The molecule has 0 aliphatic heterocycles. The highest BCUT2D eigenvalue weighted by atomic mass is 79.9. The van der Waals surface area contributed by atoms with Crippen LogP contribution >= 0.6 is 28.1 Å². The summed E-state index contributed by atoms with van der Waals surface area (Å²) in [6, 6.07) is 5.95. The van der Waals surface area contributed by atoms with E-state index in [2.05, 4.69) is 21.2 Å². The quantitative estimate of drug-likeness (QED) is 0.583. The summed E-state index contributed by atoms with van der Waals surface area (Å²) in [4.78, 5) is 0.382. The van der Waals surface area contributed by atoms with Gasteiger partial charge in [0.15, 0.2) is 0 Å². The van der Waals surface area contributed by atoms with Crippen LogP contribution in [0.4, 0.5) is 5.69 Å². The van der Waals surface area contributed by atoms with Crippen LogP contribution in [0.2, 0.25) is 0 Å². The first-order valence-electron chi connectivity index (χ1n) is 6.62. The molecule has 0 saturated heterocycles. The fraction of sp³-hybridized carbons (Fsp3) is 0.500. The van der Waals surface area contributed by atoms with Crippen LogP contribution in [0.5, 0.6) is 0 Å². The van der Waals surface area contributed by atoms with Crippen LogP contribution in [0.15, 0.2) is 22.7 Å². The smallest absolute Gasteiger partial charge is 0.105 e. The van der Waals surface area contributed by atoms with E-state index in [0.717, 1.165) is 35.0 Å². The van der Waals surface area contributed by atoms with Crippen LogP contribution < -0.4 is 11.1 Å².